The molecule has 0 amide bonds. The molecule has 1 aromatic carbocycles. The summed E-state index contributed by atoms with van der Waals surface area (Å²) in [4.78, 5) is 0. The predicted molar refractivity (Wildman–Crippen MR) is 96.1 cm³/mol. The van der Waals surface area contributed by atoms with E-state index in [4.69, 9.17) is 0 Å². The molecule has 1 heterocycles. The first-order valence-electron chi connectivity index (χ1n) is 9.19. The van der Waals surface area contributed by atoms with Gasteiger partial charge in [0.05, 0.1) is 12.1 Å². The number of nitrogens with zero attached hydrogens (tertiary/aromatic N) is 4. The van der Waals surface area contributed by atoms with Crippen LogP contribution in [0.25, 0.3) is 11.0 Å². The van der Waals surface area contributed by atoms with Gasteiger partial charge in [0.15, 0.2) is 0 Å². The van der Waals surface area contributed by atoms with E-state index >= 15 is 0 Å². The van der Waals surface area contributed by atoms with Crippen LogP contribution in [-0.2, 0) is 0 Å². The molecule has 0 bridgehead atoms. The summed E-state index contributed by atoms with van der Waals surface area (Å²) in [6.07, 6.45) is 13.7. The maximum Gasteiger partial charge on any atom is 0.114 e. The fraction of sp³-hybridized carbons (Fsp3) is 0.667. The topological polar surface area (TPSA) is 34.0 Å². The molecule has 2 aliphatic rings. The first-order valence-corrected chi connectivity index (χ1v) is 9.92. The van der Waals surface area contributed by atoms with Crippen LogP contribution >= 0.6 is 12.1 Å². The maximum atomic E-state index is 4.67. The number of hydrogen-bond acceptors (Lipinski definition) is 4. The lowest BCUT2D eigenvalue weighted by molar-refractivity contribution is 0.183. The highest BCUT2D eigenvalue weighted by molar-refractivity contribution is 7.95. The largest absolute Gasteiger partial charge is 0.223 e. The molecule has 2 aromatic rings. The summed E-state index contributed by atoms with van der Waals surface area (Å²) in [5, 5.41) is 9.34. The van der Waals surface area contributed by atoms with E-state index in [0.29, 0.717) is 12.1 Å². The summed E-state index contributed by atoms with van der Waals surface area (Å²) in [7, 11) is 0. The van der Waals surface area contributed by atoms with Crippen molar-refractivity contribution in [3.05, 3.63) is 24.3 Å². The second kappa shape index (κ2) is 7.22. The number of fused-ring (bicyclic) bond motifs is 1. The van der Waals surface area contributed by atoms with Crippen molar-refractivity contribution in [1.29, 1.82) is 0 Å². The van der Waals surface area contributed by atoms with Gasteiger partial charge in [-0.25, -0.2) is 4.31 Å². The molecule has 2 aliphatic carbocycles. The van der Waals surface area contributed by atoms with Crippen LogP contribution in [0.2, 0.25) is 0 Å². The molecule has 0 spiro atoms. The zero-order chi connectivity index (χ0) is 15.5. The molecule has 0 saturated heterocycles. The molecule has 0 N–H and O–H groups in total. The van der Waals surface area contributed by atoms with Gasteiger partial charge in [0.25, 0.3) is 0 Å². The van der Waals surface area contributed by atoms with Crippen LogP contribution in [0, 0.1) is 0 Å². The lowest BCUT2D eigenvalue weighted by Gasteiger charge is -2.39. The molecular formula is C18H26N4S. The van der Waals surface area contributed by atoms with Crippen LogP contribution in [0.1, 0.15) is 64.2 Å². The van der Waals surface area contributed by atoms with Gasteiger partial charge in [-0.2, -0.15) is 0 Å². The van der Waals surface area contributed by atoms with Gasteiger partial charge in [-0.1, -0.05) is 50.7 Å². The Hall–Kier alpha value is -1.07. The molecule has 124 valence electrons. The van der Waals surface area contributed by atoms with E-state index in [1.807, 2.05) is 28.5 Å². The summed E-state index contributed by atoms with van der Waals surface area (Å²) in [6.45, 7) is 0. The first kappa shape index (κ1) is 15.5. The second-order valence-corrected chi connectivity index (χ2v) is 7.88. The Balaban J connectivity index is 1.55. The van der Waals surface area contributed by atoms with E-state index in [9.17, 15) is 0 Å². The summed E-state index contributed by atoms with van der Waals surface area (Å²) >= 11 is 1.76. The number of aromatic nitrogens is 3. The van der Waals surface area contributed by atoms with Gasteiger partial charge in [0.2, 0.25) is 0 Å². The average Bonchev–Trinajstić information content (AvgIpc) is 3.04. The molecular weight excluding hydrogens is 304 g/mol. The van der Waals surface area contributed by atoms with Gasteiger partial charge in [-0.15, -0.1) is 14.4 Å². The molecule has 2 fully saturated rings. The normalized spacial score (nSPS) is 21.3. The van der Waals surface area contributed by atoms with Crippen LogP contribution in [0.3, 0.4) is 0 Å². The van der Waals surface area contributed by atoms with Crippen LogP contribution in [-0.4, -0.2) is 30.8 Å². The van der Waals surface area contributed by atoms with E-state index in [2.05, 4.69) is 14.5 Å². The first-order chi connectivity index (χ1) is 11.4. The molecule has 5 heteroatoms. The SMILES string of the molecule is c1ccc2nn(SN(C3CCCCC3)C3CCCCC3)nc2c1. The molecule has 0 atom stereocenters. The molecule has 1 aromatic heterocycles. The highest BCUT2D eigenvalue weighted by Crippen LogP contribution is 2.35. The fourth-order valence-electron chi connectivity index (χ4n) is 4.06. The minimum Gasteiger partial charge on any atom is -0.223 e. The minimum atomic E-state index is 0.700. The summed E-state index contributed by atoms with van der Waals surface area (Å²) in [6, 6.07) is 9.56. The number of hydrogen-bond donors (Lipinski definition) is 0. The van der Waals surface area contributed by atoms with E-state index in [1.165, 1.54) is 64.2 Å². The van der Waals surface area contributed by atoms with E-state index in [-0.39, 0.29) is 0 Å². The zero-order valence-electron chi connectivity index (χ0n) is 13.7. The van der Waals surface area contributed by atoms with Gasteiger partial charge in [-0.05, 0) is 37.8 Å². The fourth-order valence-corrected chi connectivity index (χ4v) is 5.17. The van der Waals surface area contributed by atoms with Crippen LogP contribution in [0.4, 0.5) is 0 Å². The molecule has 4 rings (SSSR count). The van der Waals surface area contributed by atoms with E-state index < -0.39 is 0 Å². The van der Waals surface area contributed by atoms with E-state index in [1.54, 1.807) is 12.1 Å². The van der Waals surface area contributed by atoms with Crippen molar-refractivity contribution >= 4 is 23.2 Å². The smallest absolute Gasteiger partial charge is 0.114 e. The van der Waals surface area contributed by atoms with Crippen LogP contribution < -0.4 is 0 Å². The van der Waals surface area contributed by atoms with Crippen molar-refractivity contribution in [2.45, 2.75) is 76.3 Å². The lowest BCUT2D eigenvalue weighted by atomic mass is 9.91. The van der Waals surface area contributed by atoms with Gasteiger partial charge in [0, 0.05) is 12.1 Å². The zero-order valence-corrected chi connectivity index (χ0v) is 14.5. The third-order valence-electron chi connectivity index (χ3n) is 5.30. The lowest BCUT2D eigenvalue weighted by Crippen LogP contribution is -2.41. The van der Waals surface area contributed by atoms with E-state index in [0.717, 1.165) is 11.0 Å². The van der Waals surface area contributed by atoms with Gasteiger partial charge >= 0.3 is 0 Å². The highest BCUT2D eigenvalue weighted by Gasteiger charge is 2.30. The summed E-state index contributed by atoms with van der Waals surface area (Å²) in [5.41, 5.74) is 1.99. The highest BCUT2D eigenvalue weighted by atomic mass is 32.2. The van der Waals surface area contributed by atoms with Crippen molar-refractivity contribution < 1.29 is 0 Å². The van der Waals surface area contributed by atoms with Gasteiger partial charge in [0.1, 0.15) is 11.0 Å². The van der Waals surface area contributed by atoms with Crippen molar-refractivity contribution in [2.24, 2.45) is 0 Å². The Kier molecular flexibility index (Phi) is 4.85. The molecule has 0 unspecified atom stereocenters. The average molecular weight is 331 g/mol. The maximum absolute atomic E-state index is 4.67. The second-order valence-electron chi connectivity index (χ2n) is 6.97. The Bertz CT molecular complexity index is 578. The Morgan fingerprint density at radius 2 is 1.26 bits per heavy atom. The van der Waals surface area contributed by atoms with Crippen LogP contribution in [0.15, 0.2) is 24.3 Å². The monoisotopic (exact) mass is 330 g/mol. The predicted octanol–water partition coefficient (Wildman–Crippen LogP) is 4.81. The minimum absolute atomic E-state index is 0.700. The Morgan fingerprint density at radius 1 is 0.783 bits per heavy atom. The van der Waals surface area contributed by atoms with Crippen molar-refractivity contribution in [1.82, 2.24) is 18.7 Å². The molecule has 4 nitrogen and oxygen atoms in total. The molecule has 2 saturated carbocycles. The molecule has 0 aliphatic heterocycles. The third kappa shape index (κ3) is 3.56. The standard InChI is InChI=1S/C18H26N4S/c1-3-9-15(10-4-1)21(16-11-5-2-6-12-16)23-22-19-17-13-7-8-14-18(17)20-22/h7-8,13-16H,1-6,9-12H2. The summed E-state index contributed by atoms with van der Waals surface area (Å²) in [5.74, 6) is 0. The van der Waals surface area contributed by atoms with Crippen molar-refractivity contribution in [3.8, 4) is 0 Å². The molecule has 0 radical (unpaired) electrons. The Morgan fingerprint density at radius 3 is 1.74 bits per heavy atom. The van der Waals surface area contributed by atoms with Gasteiger partial charge < -0.3 is 0 Å². The van der Waals surface area contributed by atoms with Gasteiger partial charge in [-0.3, -0.25) is 0 Å². The van der Waals surface area contributed by atoms with Crippen molar-refractivity contribution in [2.75, 3.05) is 0 Å². The van der Waals surface area contributed by atoms with Crippen molar-refractivity contribution in [3.63, 3.8) is 0 Å². The molecule has 23 heavy (non-hydrogen) atoms. The summed E-state index contributed by atoms with van der Waals surface area (Å²) < 4.78 is 4.52. The number of benzene rings is 1. The number of rotatable bonds is 4. The third-order valence-corrected chi connectivity index (χ3v) is 6.40. The quantitative estimate of drug-likeness (QED) is 0.753. The van der Waals surface area contributed by atoms with Crippen LogP contribution in [0.5, 0.6) is 0 Å². The Labute approximate surface area is 142 Å².